The van der Waals surface area contributed by atoms with Crippen molar-refractivity contribution in [2.75, 3.05) is 7.11 Å². The number of hydrazone groups is 1. The lowest BCUT2D eigenvalue weighted by Gasteiger charge is -2.07. The molecule has 2 aromatic rings. The van der Waals surface area contributed by atoms with Gasteiger partial charge in [0.25, 0.3) is 0 Å². The van der Waals surface area contributed by atoms with Crippen molar-refractivity contribution in [1.29, 1.82) is 0 Å². The van der Waals surface area contributed by atoms with E-state index in [2.05, 4.69) is 21.3 Å². The van der Waals surface area contributed by atoms with E-state index in [1.54, 1.807) is 24.4 Å². The molecule has 0 saturated carbocycles. The number of allylic oxidation sites excluding steroid dienone is 1. The van der Waals surface area contributed by atoms with Gasteiger partial charge in [-0.2, -0.15) is 13.5 Å². The SMILES string of the molecule is C=C(N)N/N=C/C=C/c1ccn(-c2cccc(OS(=O)(=O)OC)c2)c1. The van der Waals surface area contributed by atoms with Crippen LogP contribution in [0, 0.1) is 0 Å². The minimum absolute atomic E-state index is 0.158. The third-order valence-corrected chi connectivity index (χ3v) is 3.70. The molecule has 8 nitrogen and oxygen atoms in total. The van der Waals surface area contributed by atoms with Gasteiger partial charge in [0, 0.05) is 30.4 Å². The molecule has 0 bridgehead atoms. The summed E-state index contributed by atoms with van der Waals surface area (Å²) >= 11 is 0. The van der Waals surface area contributed by atoms with Crippen LogP contribution in [0.15, 0.2) is 66.3 Å². The standard InChI is InChI=1S/C16H18N4O4S/c1-13(17)19-18-9-4-5-14-8-10-20(12-14)15-6-3-7-16(11-15)24-25(21,22)23-2/h3-12,19H,1,17H2,2H3/b5-4+,18-9+. The van der Waals surface area contributed by atoms with Crippen LogP contribution in [0.25, 0.3) is 11.8 Å². The number of nitrogens with zero attached hydrogens (tertiary/aromatic N) is 2. The van der Waals surface area contributed by atoms with Gasteiger partial charge in [0.2, 0.25) is 0 Å². The van der Waals surface area contributed by atoms with E-state index < -0.39 is 10.4 Å². The van der Waals surface area contributed by atoms with Crippen LogP contribution in [-0.2, 0) is 14.6 Å². The fourth-order valence-electron chi connectivity index (χ4n) is 1.84. The summed E-state index contributed by atoms with van der Waals surface area (Å²) in [6.45, 7) is 3.45. The summed E-state index contributed by atoms with van der Waals surface area (Å²) in [5.74, 6) is 0.416. The van der Waals surface area contributed by atoms with Crippen LogP contribution in [0.3, 0.4) is 0 Å². The maximum Gasteiger partial charge on any atom is 0.448 e. The minimum Gasteiger partial charge on any atom is -0.385 e. The van der Waals surface area contributed by atoms with Crippen molar-refractivity contribution in [1.82, 2.24) is 9.99 Å². The Morgan fingerprint density at radius 3 is 2.92 bits per heavy atom. The average Bonchev–Trinajstić information content (AvgIpc) is 3.03. The highest BCUT2D eigenvalue weighted by Crippen LogP contribution is 2.19. The Morgan fingerprint density at radius 2 is 2.20 bits per heavy atom. The zero-order valence-electron chi connectivity index (χ0n) is 13.5. The Hall–Kier alpha value is -3.04. The Balaban J connectivity index is 2.10. The Morgan fingerprint density at radius 1 is 1.40 bits per heavy atom. The van der Waals surface area contributed by atoms with Gasteiger partial charge in [-0.05, 0) is 29.8 Å². The van der Waals surface area contributed by atoms with E-state index in [4.69, 9.17) is 9.92 Å². The molecular weight excluding hydrogens is 344 g/mol. The molecule has 1 heterocycles. The topological polar surface area (TPSA) is 108 Å². The maximum absolute atomic E-state index is 11.3. The van der Waals surface area contributed by atoms with Crippen LogP contribution in [0.4, 0.5) is 0 Å². The number of benzene rings is 1. The largest absolute Gasteiger partial charge is 0.448 e. The second kappa shape index (κ2) is 8.18. The van der Waals surface area contributed by atoms with E-state index in [1.165, 1.54) is 6.07 Å². The number of nitrogens with one attached hydrogen (secondary N) is 1. The summed E-state index contributed by atoms with van der Waals surface area (Å²) in [5.41, 5.74) is 9.49. The molecule has 0 saturated heterocycles. The first kappa shape index (κ1) is 18.3. The number of hydrogen-bond acceptors (Lipinski definition) is 7. The molecule has 0 fully saturated rings. The van der Waals surface area contributed by atoms with Crippen LogP contribution < -0.4 is 15.3 Å². The zero-order chi connectivity index (χ0) is 18.3. The van der Waals surface area contributed by atoms with Gasteiger partial charge >= 0.3 is 10.4 Å². The summed E-state index contributed by atoms with van der Waals surface area (Å²) in [6.07, 6.45) is 8.82. The lowest BCUT2D eigenvalue weighted by Crippen LogP contribution is -2.11. The summed E-state index contributed by atoms with van der Waals surface area (Å²) in [5, 5.41) is 3.83. The monoisotopic (exact) mass is 362 g/mol. The molecule has 0 aliphatic carbocycles. The molecule has 0 unspecified atom stereocenters. The average molecular weight is 362 g/mol. The van der Waals surface area contributed by atoms with Gasteiger partial charge in [-0.3, -0.25) is 5.43 Å². The van der Waals surface area contributed by atoms with Gasteiger partial charge in [-0.25, -0.2) is 4.18 Å². The smallest absolute Gasteiger partial charge is 0.385 e. The third kappa shape index (κ3) is 5.83. The first-order chi connectivity index (χ1) is 11.9. The molecular formula is C16H18N4O4S. The summed E-state index contributed by atoms with van der Waals surface area (Å²) in [7, 11) is -3.01. The highest BCUT2D eigenvalue weighted by atomic mass is 32.3. The van der Waals surface area contributed by atoms with E-state index in [0.29, 0.717) is 0 Å². The highest BCUT2D eigenvalue weighted by Gasteiger charge is 2.11. The lowest BCUT2D eigenvalue weighted by atomic mass is 10.3. The molecule has 9 heteroatoms. The third-order valence-electron chi connectivity index (χ3n) is 2.89. The van der Waals surface area contributed by atoms with Crippen molar-refractivity contribution in [2.24, 2.45) is 10.8 Å². The van der Waals surface area contributed by atoms with E-state index in [-0.39, 0.29) is 11.6 Å². The molecule has 0 aliphatic heterocycles. The molecule has 132 valence electrons. The van der Waals surface area contributed by atoms with Crippen LogP contribution in [0.5, 0.6) is 5.75 Å². The Labute approximate surface area is 146 Å². The van der Waals surface area contributed by atoms with E-state index in [0.717, 1.165) is 18.4 Å². The maximum atomic E-state index is 11.3. The Kier molecular flexibility index (Phi) is 5.98. The van der Waals surface area contributed by atoms with Gasteiger partial charge in [0.1, 0.15) is 11.6 Å². The second-order valence-corrected chi connectivity index (χ2v) is 6.10. The molecule has 0 aliphatic rings. The summed E-state index contributed by atoms with van der Waals surface area (Å²) in [6, 6.07) is 8.50. The van der Waals surface area contributed by atoms with Crippen molar-refractivity contribution in [2.45, 2.75) is 0 Å². The van der Waals surface area contributed by atoms with Crippen molar-refractivity contribution < 1.29 is 16.8 Å². The van der Waals surface area contributed by atoms with Gasteiger partial charge in [-0.15, -0.1) is 0 Å². The highest BCUT2D eigenvalue weighted by molar-refractivity contribution is 7.82. The van der Waals surface area contributed by atoms with Crippen LogP contribution in [0.1, 0.15) is 5.56 Å². The number of aromatic nitrogens is 1. The number of rotatable bonds is 8. The predicted molar refractivity (Wildman–Crippen MR) is 96.3 cm³/mol. The van der Waals surface area contributed by atoms with E-state index >= 15 is 0 Å². The van der Waals surface area contributed by atoms with Crippen molar-refractivity contribution in [3.05, 3.63) is 66.8 Å². The molecule has 2 rings (SSSR count). The summed E-state index contributed by atoms with van der Waals surface area (Å²) < 4.78 is 33.6. The molecule has 0 radical (unpaired) electrons. The van der Waals surface area contributed by atoms with Gasteiger partial charge in [0.05, 0.1) is 7.11 Å². The number of nitrogens with two attached hydrogens (primary N) is 1. The van der Waals surface area contributed by atoms with Crippen LogP contribution in [-0.4, -0.2) is 26.3 Å². The molecule has 3 N–H and O–H groups in total. The van der Waals surface area contributed by atoms with Crippen molar-refractivity contribution in [3.63, 3.8) is 0 Å². The van der Waals surface area contributed by atoms with Crippen LogP contribution in [0.2, 0.25) is 0 Å². The predicted octanol–water partition coefficient (Wildman–Crippen LogP) is 1.77. The number of hydrogen-bond donors (Lipinski definition) is 2. The van der Waals surface area contributed by atoms with E-state index in [1.807, 2.05) is 35.2 Å². The normalized spacial score (nSPS) is 11.9. The van der Waals surface area contributed by atoms with Crippen LogP contribution >= 0.6 is 0 Å². The fourth-order valence-corrected chi connectivity index (χ4v) is 2.24. The van der Waals surface area contributed by atoms with Crippen molar-refractivity contribution >= 4 is 22.7 Å². The molecule has 25 heavy (non-hydrogen) atoms. The summed E-state index contributed by atoms with van der Waals surface area (Å²) in [4.78, 5) is 0. The van der Waals surface area contributed by atoms with Gasteiger partial charge in [0.15, 0.2) is 0 Å². The molecule has 0 spiro atoms. The van der Waals surface area contributed by atoms with Gasteiger partial charge < -0.3 is 14.5 Å². The van der Waals surface area contributed by atoms with Crippen molar-refractivity contribution in [3.8, 4) is 11.4 Å². The van der Waals surface area contributed by atoms with Gasteiger partial charge in [-0.1, -0.05) is 18.7 Å². The second-order valence-electron chi connectivity index (χ2n) is 4.78. The molecule has 0 amide bonds. The minimum atomic E-state index is -4.05. The lowest BCUT2D eigenvalue weighted by molar-refractivity contribution is 0.330. The zero-order valence-corrected chi connectivity index (χ0v) is 14.3. The quantitative estimate of drug-likeness (QED) is 0.547. The molecule has 0 atom stereocenters. The molecule has 1 aromatic carbocycles. The first-order valence-electron chi connectivity index (χ1n) is 7.08. The van der Waals surface area contributed by atoms with E-state index in [9.17, 15) is 8.42 Å². The first-order valence-corrected chi connectivity index (χ1v) is 8.41. The molecule has 1 aromatic heterocycles. The fraction of sp³-hybridized carbons (Fsp3) is 0.0625. The Bertz CT molecular complexity index is 900.